The van der Waals surface area contributed by atoms with Crippen LogP contribution in [0.15, 0.2) is 84.0 Å². The van der Waals surface area contributed by atoms with Gasteiger partial charge in [-0.2, -0.15) is 0 Å². The van der Waals surface area contributed by atoms with E-state index in [0.717, 1.165) is 33.2 Å². The zero-order valence-corrected chi connectivity index (χ0v) is 16.7. The highest BCUT2D eigenvalue weighted by Crippen LogP contribution is 2.30. The summed E-state index contributed by atoms with van der Waals surface area (Å²) in [6.07, 6.45) is 0. The van der Waals surface area contributed by atoms with Crippen LogP contribution in [0.5, 0.6) is 0 Å². The molecule has 0 aliphatic rings. The van der Waals surface area contributed by atoms with Crippen LogP contribution in [0.1, 0.15) is 15.9 Å². The van der Waals surface area contributed by atoms with Gasteiger partial charge in [0.25, 0.3) is 5.91 Å². The summed E-state index contributed by atoms with van der Waals surface area (Å²) in [6.45, 7) is 0. The second-order valence-electron chi connectivity index (χ2n) is 6.74. The molecule has 1 heterocycles. The Kier molecular flexibility index (Phi) is 5.17. The molecule has 1 aromatic heterocycles. The van der Waals surface area contributed by atoms with Crippen LogP contribution in [0.2, 0.25) is 0 Å². The number of para-hydroxylation sites is 3. The van der Waals surface area contributed by atoms with Gasteiger partial charge < -0.3 is 4.90 Å². The molecular formula is C23H21N3OS. The molecule has 4 aromatic rings. The third-order valence-electron chi connectivity index (χ3n) is 4.52. The topological polar surface area (TPSA) is 38.1 Å². The van der Waals surface area contributed by atoms with E-state index in [-0.39, 0.29) is 5.91 Å². The summed E-state index contributed by atoms with van der Waals surface area (Å²) in [6, 6.07) is 26.3. The van der Waals surface area contributed by atoms with Crippen molar-refractivity contribution in [2.24, 2.45) is 0 Å². The number of benzene rings is 3. The number of hydrogen-bond acceptors (Lipinski definition) is 3. The molecule has 140 valence electrons. The number of thioether (sulfide) groups is 1. The zero-order chi connectivity index (χ0) is 19.5. The van der Waals surface area contributed by atoms with Crippen LogP contribution < -0.4 is 0 Å². The van der Waals surface area contributed by atoms with E-state index in [9.17, 15) is 4.79 Å². The predicted molar refractivity (Wildman–Crippen MR) is 115 cm³/mol. The molecule has 0 unspecified atom stereocenters. The van der Waals surface area contributed by atoms with Crippen molar-refractivity contribution in [1.82, 2.24) is 14.5 Å². The summed E-state index contributed by atoms with van der Waals surface area (Å²) in [4.78, 5) is 18.5. The summed E-state index contributed by atoms with van der Waals surface area (Å²) in [5.74, 6) is 0.803. The van der Waals surface area contributed by atoms with Crippen molar-refractivity contribution in [3.63, 3.8) is 0 Å². The fourth-order valence-corrected chi connectivity index (χ4v) is 4.06. The van der Waals surface area contributed by atoms with Crippen LogP contribution in [0.3, 0.4) is 0 Å². The second kappa shape index (κ2) is 7.90. The van der Waals surface area contributed by atoms with E-state index in [2.05, 4.69) is 22.8 Å². The Morgan fingerprint density at radius 1 is 0.929 bits per heavy atom. The summed E-state index contributed by atoms with van der Waals surface area (Å²) in [7, 11) is 3.53. The summed E-state index contributed by atoms with van der Waals surface area (Å²) in [5.41, 5.74) is 5.05. The minimum Gasteiger partial charge on any atom is -0.345 e. The smallest absolute Gasteiger partial charge is 0.253 e. The number of carbonyl (C=O) groups excluding carboxylic acids is 1. The van der Waals surface area contributed by atoms with Gasteiger partial charge in [0.1, 0.15) is 0 Å². The molecular weight excluding hydrogens is 366 g/mol. The molecule has 5 heteroatoms. The molecule has 0 aliphatic heterocycles. The molecule has 0 saturated heterocycles. The normalized spacial score (nSPS) is 10.9. The Bertz CT molecular complexity index is 1100. The van der Waals surface area contributed by atoms with Crippen molar-refractivity contribution >= 4 is 28.7 Å². The van der Waals surface area contributed by atoms with Crippen molar-refractivity contribution in [1.29, 1.82) is 0 Å². The number of carbonyl (C=O) groups is 1. The maximum absolute atomic E-state index is 12.0. The molecule has 0 N–H and O–H groups in total. The Morgan fingerprint density at radius 3 is 2.32 bits per heavy atom. The predicted octanol–water partition coefficient (Wildman–Crippen LogP) is 5.02. The highest BCUT2D eigenvalue weighted by Gasteiger charge is 2.13. The number of imidazole rings is 1. The third-order valence-corrected chi connectivity index (χ3v) is 5.53. The van der Waals surface area contributed by atoms with Gasteiger partial charge in [0.2, 0.25) is 0 Å². The van der Waals surface area contributed by atoms with Crippen LogP contribution in [0.4, 0.5) is 0 Å². The SMILES string of the molecule is CN(C)C(=O)c1ccc(CSc2nc3ccccc3n2-c2ccccc2)cc1. The molecule has 0 fully saturated rings. The maximum Gasteiger partial charge on any atom is 0.253 e. The molecule has 0 bridgehead atoms. The first-order valence-electron chi connectivity index (χ1n) is 9.10. The first-order valence-corrected chi connectivity index (χ1v) is 10.1. The third kappa shape index (κ3) is 3.66. The van der Waals surface area contributed by atoms with Crippen LogP contribution >= 0.6 is 11.8 Å². The number of rotatable bonds is 5. The quantitative estimate of drug-likeness (QED) is 0.451. The Balaban J connectivity index is 1.61. The fourth-order valence-electron chi connectivity index (χ4n) is 3.08. The lowest BCUT2D eigenvalue weighted by atomic mass is 10.1. The van der Waals surface area contributed by atoms with Crippen molar-refractivity contribution in [3.05, 3.63) is 90.0 Å². The molecule has 3 aromatic carbocycles. The van der Waals surface area contributed by atoms with Crippen LogP contribution in [-0.4, -0.2) is 34.5 Å². The van der Waals surface area contributed by atoms with Crippen molar-refractivity contribution in [2.45, 2.75) is 10.9 Å². The van der Waals surface area contributed by atoms with Crippen LogP contribution in [-0.2, 0) is 5.75 Å². The molecule has 4 nitrogen and oxygen atoms in total. The van der Waals surface area contributed by atoms with Crippen molar-refractivity contribution in [3.8, 4) is 5.69 Å². The fraction of sp³-hybridized carbons (Fsp3) is 0.130. The van der Waals surface area contributed by atoms with Gasteiger partial charge in [0.15, 0.2) is 5.16 Å². The molecule has 0 radical (unpaired) electrons. The standard InChI is InChI=1S/C23H21N3OS/c1-25(2)22(27)18-14-12-17(13-15-18)16-28-23-24-20-10-6-7-11-21(20)26(23)19-8-4-3-5-9-19/h3-15H,16H2,1-2H3. The lowest BCUT2D eigenvalue weighted by Crippen LogP contribution is -2.21. The van der Waals surface area contributed by atoms with Crippen LogP contribution in [0.25, 0.3) is 16.7 Å². The minimum atomic E-state index is 0.0186. The Labute approximate surface area is 168 Å². The first-order chi connectivity index (χ1) is 13.6. The number of hydrogen-bond donors (Lipinski definition) is 0. The van der Waals surface area contributed by atoms with Gasteiger partial charge >= 0.3 is 0 Å². The van der Waals surface area contributed by atoms with E-state index >= 15 is 0 Å². The molecule has 4 rings (SSSR count). The molecule has 0 aliphatic carbocycles. The number of fused-ring (bicyclic) bond motifs is 1. The lowest BCUT2D eigenvalue weighted by molar-refractivity contribution is 0.0827. The van der Waals surface area contributed by atoms with E-state index < -0.39 is 0 Å². The highest BCUT2D eigenvalue weighted by molar-refractivity contribution is 7.98. The second-order valence-corrected chi connectivity index (χ2v) is 7.68. The number of amides is 1. The van der Waals surface area contributed by atoms with E-state index in [1.165, 1.54) is 0 Å². The van der Waals surface area contributed by atoms with E-state index in [4.69, 9.17) is 4.98 Å². The van der Waals surface area contributed by atoms with Gasteiger partial charge in [-0.05, 0) is 42.0 Å². The van der Waals surface area contributed by atoms with E-state index in [1.54, 1.807) is 30.8 Å². The average molecular weight is 388 g/mol. The summed E-state index contributed by atoms with van der Waals surface area (Å²) >= 11 is 1.70. The van der Waals surface area contributed by atoms with Gasteiger partial charge in [0, 0.05) is 31.1 Å². The van der Waals surface area contributed by atoms with E-state index in [1.807, 2.05) is 60.7 Å². The Morgan fingerprint density at radius 2 is 1.61 bits per heavy atom. The van der Waals surface area contributed by atoms with E-state index in [0.29, 0.717) is 5.56 Å². The Hall–Kier alpha value is -3.05. The van der Waals surface area contributed by atoms with Gasteiger partial charge in [0.05, 0.1) is 11.0 Å². The van der Waals surface area contributed by atoms with Crippen LogP contribution in [0, 0.1) is 0 Å². The first kappa shape index (κ1) is 18.3. The van der Waals surface area contributed by atoms with Gasteiger partial charge in [-0.25, -0.2) is 4.98 Å². The molecule has 0 spiro atoms. The maximum atomic E-state index is 12.0. The summed E-state index contributed by atoms with van der Waals surface area (Å²) in [5, 5.41) is 0.959. The van der Waals surface area contributed by atoms with Gasteiger partial charge in [-0.1, -0.05) is 54.2 Å². The lowest BCUT2D eigenvalue weighted by Gasteiger charge is -2.11. The number of nitrogens with zero attached hydrogens (tertiary/aromatic N) is 3. The average Bonchev–Trinajstić information content (AvgIpc) is 3.11. The monoisotopic (exact) mass is 387 g/mol. The number of aromatic nitrogens is 2. The highest BCUT2D eigenvalue weighted by atomic mass is 32.2. The largest absolute Gasteiger partial charge is 0.345 e. The molecule has 28 heavy (non-hydrogen) atoms. The molecule has 1 amide bonds. The van der Waals surface area contributed by atoms with Crippen molar-refractivity contribution in [2.75, 3.05) is 14.1 Å². The summed E-state index contributed by atoms with van der Waals surface area (Å²) < 4.78 is 2.20. The zero-order valence-electron chi connectivity index (χ0n) is 15.9. The molecule has 0 saturated carbocycles. The molecule has 0 atom stereocenters. The van der Waals surface area contributed by atoms with Gasteiger partial charge in [-0.15, -0.1) is 0 Å². The minimum absolute atomic E-state index is 0.0186. The van der Waals surface area contributed by atoms with Crippen molar-refractivity contribution < 1.29 is 4.79 Å². The van der Waals surface area contributed by atoms with Gasteiger partial charge in [-0.3, -0.25) is 9.36 Å².